The van der Waals surface area contributed by atoms with Crippen LogP contribution >= 0.6 is 0 Å². The zero-order chi connectivity index (χ0) is 13.9. The lowest BCUT2D eigenvalue weighted by Gasteiger charge is -2.42. The van der Waals surface area contributed by atoms with Crippen molar-refractivity contribution in [1.29, 1.82) is 0 Å². The molecule has 0 aliphatic carbocycles. The second-order valence-electron chi connectivity index (χ2n) is 4.97. The van der Waals surface area contributed by atoms with Crippen molar-refractivity contribution in [1.82, 2.24) is 4.90 Å². The predicted octanol–water partition coefficient (Wildman–Crippen LogP) is 3.09. The fourth-order valence-corrected chi connectivity index (χ4v) is 2.37. The van der Waals surface area contributed by atoms with Crippen LogP contribution in [0.15, 0.2) is 18.2 Å². The highest BCUT2D eigenvalue weighted by molar-refractivity contribution is 5.25. The Hall–Kier alpha value is -1.00. The smallest absolute Gasteiger partial charge is 0.130 e. The standard InChI is InChI=1S/C14H22F2N2/c1-5-18(6-2)14(3,4)13(17)11-8-7-10(15)9-12(11)16/h7-9,13H,5-6,17H2,1-4H3. The molecule has 1 unspecified atom stereocenters. The molecule has 18 heavy (non-hydrogen) atoms. The van der Waals surface area contributed by atoms with E-state index in [1.165, 1.54) is 12.1 Å². The second-order valence-corrected chi connectivity index (χ2v) is 4.97. The average Bonchev–Trinajstić information content (AvgIpc) is 2.29. The third kappa shape index (κ3) is 2.87. The monoisotopic (exact) mass is 256 g/mol. The zero-order valence-electron chi connectivity index (χ0n) is 11.5. The zero-order valence-corrected chi connectivity index (χ0v) is 11.5. The highest BCUT2D eigenvalue weighted by atomic mass is 19.1. The Kier molecular flexibility index (Phi) is 4.82. The van der Waals surface area contributed by atoms with Crippen LogP contribution in [0.3, 0.4) is 0 Å². The molecule has 0 aliphatic heterocycles. The van der Waals surface area contributed by atoms with Crippen LogP contribution in [-0.4, -0.2) is 23.5 Å². The Balaban J connectivity index is 3.08. The number of benzene rings is 1. The molecule has 2 N–H and O–H groups in total. The minimum atomic E-state index is -0.581. The van der Waals surface area contributed by atoms with Gasteiger partial charge in [0.05, 0.1) is 6.04 Å². The molecule has 1 aromatic carbocycles. The fraction of sp³-hybridized carbons (Fsp3) is 0.571. The molecule has 0 spiro atoms. The van der Waals surface area contributed by atoms with Gasteiger partial charge in [0.15, 0.2) is 0 Å². The van der Waals surface area contributed by atoms with Crippen LogP contribution in [0.4, 0.5) is 8.78 Å². The molecule has 1 rings (SSSR count). The fourth-order valence-electron chi connectivity index (χ4n) is 2.37. The van der Waals surface area contributed by atoms with Crippen LogP contribution in [0.5, 0.6) is 0 Å². The molecule has 0 aromatic heterocycles. The maximum atomic E-state index is 13.8. The summed E-state index contributed by atoms with van der Waals surface area (Å²) in [7, 11) is 0. The van der Waals surface area contributed by atoms with Gasteiger partial charge >= 0.3 is 0 Å². The van der Waals surface area contributed by atoms with Crippen molar-refractivity contribution in [3.05, 3.63) is 35.4 Å². The highest BCUT2D eigenvalue weighted by Gasteiger charge is 2.33. The van der Waals surface area contributed by atoms with Gasteiger partial charge in [-0.25, -0.2) is 8.78 Å². The number of hydrogen-bond donors (Lipinski definition) is 1. The van der Waals surface area contributed by atoms with E-state index in [2.05, 4.69) is 4.90 Å². The summed E-state index contributed by atoms with van der Waals surface area (Å²) in [5.74, 6) is -1.16. The van der Waals surface area contributed by atoms with E-state index in [4.69, 9.17) is 5.73 Å². The molecule has 0 heterocycles. The van der Waals surface area contributed by atoms with Gasteiger partial charge in [-0.3, -0.25) is 4.90 Å². The lowest BCUT2D eigenvalue weighted by atomic mass is 9.87. The third-order valence-electron chi connectivity index (χ3n) is 3.64. The van der Waals surface area contributed by atoms with Crippen molar-refractivity contribution >= 4 is 0 Å². The van der Waals surface area contributed by atoms with Crippen molar-refractivity contribution in [2.75, 3.05) is 13.1 Å². The Morgan fingerprint density at radius 2 is 1.78 bits per heavy atom. The lowest BCUT2D eigenvalue weighted by Crippen LogP contribution is -2.51. The first-order valence-electron chi connectivity index (χ1n) is 6.30. The van der Waals surface area contributed by atoms with Crippen molar-refractivity contribution in [2.45, 2.75) is 39.3 Å². The molecule has 0 radical (unpaired) electrons. The van der Waals surface area contributed by atoms with Crippen molar-refractivity contribution < 1.29 is 8.78 Å². The Labute approximate surface area is 108 Å². The SMILES string of the molecule is CCN(CC)C(C)(C)C(N)c1ccc(F)cc1F. The summed E-state index contributed by atoms with van der Waals surface area (Å²) in [5.41, 5.74) is 6.14. The Bertz CT molecular complexity index is 401. The van der Waals surface area contributed by atoms with E-state index in [0.29, 0.717) is 5.56 Å². The summed E-state index contributed by atoms with van der Waals surface area (Å²) in [5, 5.41) is 0. The van der Waals surface area contributed by atoms with Gasteiger partial charge in [-0.05, 0) is 33.0 Å². The van der Waals surface area contributed by atoms with Crippen LogP contribution in [0, 0.1) is 11.6 Å². The number of nitrogens with zero attached hydrogens (tertiary/aromatic N) is 1. The summed E-state index contributed by atoms with van der Waals surface area (Å²) < 4.78 is 26.7. The average molecular weight is 256 g/mol. The molecule has 0 amide bonds. The quantitative estimate of drug-likeness (QED) is 0.877. The largest absolute Gasteiger partial charge is 0.322 e. The third-order valence-corrected chi connectivity index (χ3v) is 3.64. The first kappa shape index (κ1) is 15.1. The van der Waals surface area contributed by atoms with Gasteiger partial charge in [-0.2, -0.15) is 0 Å². The number of nitrogens with two attached hydrogens (primary N) is 1. The molecule has 2 nitrogen and oxygen atoms in total. The van der Waals surface area contributed by atoms with Crippen LogP contribution in [0.2, 0.25) is 0 Å². The maximum Gasteiger partial charge on any atom is 0.130 e. The Morgan fingerprint density at radius 1 is 1.22 bits per heavy atom. The first-order valence-corrected chi connectivity index (χ1v) is 6.30. The summed E-state index contributed by atoms with van der Waals surface area (Å²) in [6.45, 7) is 9.71. The first-order chi connectivity index (χ1) is 8.34. The van der Waals surface area contributed by atoms with Gasteiger partial charge in [0.1, 0.15) is 11.6 Å². The van der Waals surface area contributed by atoms with Crippen LogP contribution in [0.25, 0.3) is 0 Å². The van der Waals surface area contributed by atoms with Gasteiger partial charge in [0.25, 0.3) is 0 Å². The van der Waals surface area contributed by atoms with Gasteiger partial charge in [0, 0.05) is 17.2 Å². The molecule has 0 bridgehead atoms. The molecule has 0 aliphatic rings. The predicted molar refractivity (Wildman–Crippen MR) is 70.3 cm³/mol. The van der Waals surface area contributed by atoms with E-state index in [-0.39, 0.29) is 5.54 Å². The number of halogens is 2. The number of hydrogen-bond acceptors (Lipinski definition) is 2. The molecule has 1 aromatic rings. The molecule has 0 saturated heterocycles. The maximum absolute atomic E-state index is 13.8. The molecular weight excluding hydrogens is 234 g/mol. The Morgan fingerprint density at radius 3 is 2.22 bits per heavy atom. The molecular formula is C14H22F2N2. The van der Waals surface area contributed by atoms with Crippen molar-refractivity contribution in [2.24, 2.45) is 5.73 Å². The topological polar surface area (TPSA) is 29.3 Å². The highest BCUT2D eigenvalue weighted by Crippen LogP contribution is 2.30. The number of rotatable bonds is 5. The minimum Gasteiger partial charge on any atom is -0.322 e. The molecule has 1 atom stereocenters. The molecule has 102 valence electrons. The van der Waals surface area contributed by atoms with E-state index in [1.807, 2.05) is 27.7 Å². The van der Waals surface area contributed by atoms with E-state index >= 15 is 0 Å². The van der Waals surface area contributed by atoms with Gasteiger partial charge in [-0.15, -0.1) is 0 Å². The van der Waals surface area contributed by atoms with Gasteiger partial charge in [-0.1, -0.05) is 19.9 Å². The molecule has 0 fully saturated rings. The minimum absolute atomic E-state index is 0.355. The van der Waals surface area contributed by atoms with E-state index in [9.17, 15) is 8.78 Å². The van der Waals surface area contributed by atoms with E-state index < -0.39 is 17.7 Å². The van der Waals surface area contributed by atoms with Gasteiger partial charge in [0.2, 0.25) is 0 Å². The lowest BCUT2D eigenvalue weighted by molar-refractivity contribution is 0.105. The van der Waals surface area contributed by atoms with E-state index in [1.54, 1.807) is 0 Å². The summed E-state index contributed by atoms with van der Waals surface area (Å²) in [4.78, 5) is 2.17. The number of likely N-dealkylation sites (N-methyl/N-ethyl adjacent to an activating group) is 1. The van der Waals surface area contributed by atoms with Gasteiger partial charge < -0.3 is 5.73 Å². The van der Waals surface area contributed by atoms with Crippen LogP contribution in [0.1, 0.15) is 39.3 Å². The summed E-state index contributed by atoms with van der Waals surface area (Å²) in [6, 6.07) is 3.06. The van der Waals surface area contributed by atoms with Crippen molar-refractivity contribution in [3.63, 3.8) is 0 Å². The van der Waals surface area contributed by atoms with Crippen LogP contribution in [-0.2, 0) is 0 Å². The normalized spacial score (nSPS) is 14.0. The summed E-state index contributed by atoms with van der Waals surface area (Å²) >= 11 is 0. The molecule has 0 saturated carbocycles. The van der Waals surface area contributed by atoms with Crippen molar-refractivity contribution in [3.8, 4) is 0 Å². The molecule has 4 heteroatoms. The summed E-state index contributed by atoms with van der Waals surface area (Å²) in [6.07, 6.45) is 0. The van der Waals surface area contributed by atoms with E-state index in [0.717, 1.165) is 19.2 Å². The second kappa shape index (κ2) is 5.76. The van der Waals surface area contributed by atoms with Crippen LogP contribution < -0.4 is 5.73 Å².